The molecule has 0 spiro atoms. The van der Waals surface area contributed by atoms with Gasteiger partial charge in [0.2, 0.25) is 0 Å². The van der Waals surface area contributed by atoms with Crippen LogP contribution in [0.3, 0.4) is 0 Å². The minimum absolute atomic E-state index is 0.0901. The normalized spacial score (nSPS) is 15.0. The maximum Gasteiger partial charge on any atom is 0.293 e. The quantitative estimate of drug-likeness (QED) is 0.327. The summed E-state index contributed by atoms with van der Waals surface area (Å²) in [5.74, 6) is 0.317. The van der Waals surface area contributed by atoms with Crippen LogP contribution in [0.5, 0.6) is 5.75 Å². The Hall–Kier alpha value is -2.44. The van der Waals surface area contributed by atoms with E-state index in [2.05, 4.69) is 0 Å². The summed E-state index contributed by atoms with van der Waals surface area (Å²) >= 11 is 19.1. The van der Waals surface area contributed by atoms with E-state index in [1.165, 1.54) is 4.90 Å². The molecule has 32 heavy (non-hydrogen) atoms. The number of benzene rings is 3. The maximum absolute atomic E-state index is 12.8. The first-order valence-corrected chi connectivity index (χ1v) is 11.5. The lowest BCUT2D eigenvalue weighted by Crippen LogP contribution is -2.27. The lowest BCUT2D eigenvalue weighted by Gasteiger charge is -2.13. The Morgan fingerprint density at radius 1 is 0.875 bits per heavy atom. The van der Waals surface area contributed by atoms with E-state index in [1.807, 2.05) is 36.4 Å². The van der Waals surface area contributed by atoms with Crippen LogP contribution in [0.15, 0.2) is 71.6 Å². The summed E-state index contributed by atoms with van der Waals surface area (Å²) in [5, 5.41) is 1.21. The van der Waals surface area contributed by atoms with Gasteiger partial charge in [0.25, 0.3) is 11.1 Å². The van der Waals surface area contributed by atoms with Gasteiger partial charge in [0.05, 0.1) is 11.4 Å². The van der Waals surface area contributed by atoms with Gasteiger partial charge in [-0.3, -0.25) is 14.5 Å². The molecule has 1 fully saturated rings. The van der Waals surface area contributed by atoms with Crippen LogP contribution < -0.4 is 4.74 Å². The minimum Gasteiger partial charge on any atom is -0.489 e. The molecule has 8 heteroatoms. The second kappa shape index (κ2) is 10.0. The number of hydrogen-bond donors (Lipinski definition) is 0. The molecule has 0 aliphatic carbocycles. The van der Waals surface area contributed by atoms with Crippen LogP contribution in [0.2, 0.25) is 15.1 Å². The topological polar surface area (TPSA) is 46.6 Å². The average Bonchev–Trinajstić information content (AvgIpc) is 3.03. The summed E-state index contributed by atoms with van der Waals surface area (Å²) in [4.78, 5) is 26.7. The highest BCUT2D eigenvalue weighted by molar-refractivity contribution is 8.18. The van der Waals surface area contributed by atoms with Crippen LogP contribution >= 0.6 is 46.6 Å². The van der Waals surface area contributed by atoms with Gasteiger partial charge >= 0.3 is 0 Å². The molecule has 0 aromatic heterocycles. The van der Waals surface area contributed by atoms with Gasteiger partial charge in [0.1, 0.15) is 12.4 Å². The standard InChI is InChI=1S/C24H16Cl3NO3S/c25-18-8-7-16(21(27)12-18)13-28-23(29)22(32-24(28)30)11-15-5-9-19(10-6-15)31-14-17-3-1-2-4-20(17)26/h1-12H,13-14H2/b22-11+. The van der Waals surface area contributed by atoms with E-state index in [-0.39, 0.29) is 17.7 Å². The van der Waals surface area contributed by atoms with Crippen molar-refractivity contribution in [1.29, 1.82) is 0 Å². The van der Waals surface area contributed by atoms with Gasteiger partial charge in [-0.2, -0.15) is 0 Å². The van der Waals surface area contributed by atoms with Crippen molar-refractivity contribution < 1.29 is 14.3 Å². The summed E-state index contributed by atoms with van der Waals surface area (Å²) in [6, 6.07) is 19.7. The van der Waals surface area contributed by atoms with Gasteiger partial charge in [-0.05, 0) is 59.3 Å². The Balaban J connectivity index is 1.42. The van der Waals surface area contributed by atoms with Gasteiger partial charge < -0.3 is 4.74 Å². The van der Waals surface area contributed by atoms with Crippen LogP contribution in [0, 0.1) is 0 Å². The van der Waals surface area contributed by atoms with Crippen LogP contribution in [-0.2, 0) is 17.9 Å². The third-order valence-electron chi connectivity index (χ3n) is 4.75. The Bertz CT molecular complexity index is 1210. The van der Waals surface area contributed by atoms with Crippen LogP contribution in [0.25, 0.3) is 6.08 Å². The molecule has 1 aliphatic heterocycles. The van der Waals surface area contributed by atoms with E-state index in [9.17, 15) is 9.59 Å². The van der Waals surface area contributed by atoms with Gasteiger partial charge in [-0.1, -0.05) is 71.2 Å². The summed E-state index contributed by atoms with van der Waals surface area (Å²) in [6.07, 6.45) is 1.69. The Morgan fingerprint density at radius 3 is 2.34 bits per heavy atom. The molecule has 1 saturated heterocycles. The zero-order chi connectivity index (χ0) is 22.7. The Kier molecular flexibility index (Phi) is 7.11. The first-order chi connectivity index (χ1) is 15.4. The second-order valence-corrected chi connectivity index (χ2v) is 9.20. The molecule has 0 saturated carbocycles. The number of thioether (sulfide) groups is 1. The van der Waals surface area contributed by atoms with Crippen LogP contribution in [0.4, 0.5) is 4.79 Å². The number of hydrogen-bond acceptors (Lipinski definition) is 4. The zero-order valence-electron chi connectivity index (χ0n) is 16.6. The predicted octanol–water partition coefficient (Wildman–Crippen LogP) is 7.46. The largest absolute Gasteiger partial charge is 0.489 e. The van der Waals surface area contributed by atoms with Crippen molar-refractivity contribution in [2.45, 2.75) is 13.2 Å². The van der Waals surface area contributed by atoms with E-state index in [0.29, 0.717) is 37.9 Å². The van der Waals surface area contributed by atoms with E-state index in [0.717, 1.165) is 22.9 Å². The molecule has 0 bridgehead atoms. The van der Waals surface area contributed by atoms with Crippen molar-refractivity contribution in [2.24, 2.45) is 0 Å². The fraction of sp³-hybridized carbons (Fsp3) is 0.0833. The molecule has 162 valence electrons. The molecule has 0 N–H and O–H groups in total. The lowest BCUT2D eigenvalue weighted by atomic mass is 10.2. The molecule has 0 atom stereocenters. The number of ether oxygens (including phenoxy) is 1. The molecule has 0 unspecified atom stereocenters. The van der Waals surface area contributed by atoms with Gasteiger partial charge in [-0.25, -0.2) is 0 Å². The monoisotopic (exact) mass is 503 g/mol. The maximum atomic E-state index is 12.8. The number of rotatable bonds is 6. The van der Waals surface area contributed by atoms with Crippen molar-refractivity contribution in [3.05, 3.63) is 103 Å². The number of amides is 2. The predicted molar refractivity (Wildman–Crippen MR) is 130 cm³/mol. The summed E-state index contributed by atoms with van der Waals surface area (Å²) < 4.78 is 5.78. The number of halogens is 3. The van der Waals surface area contributed by atoms with Gasteiger partial charge in [0.15, 0.2) is 0 Å². The number of nitrogens with zero attached hydrogens (tertiary/aromatic N) is 1. The highest BCUT2D eigenvalue weighted by Gasteiger charge is 2.35. The summed E-state index contributed by atoms with van der Waals surface area (Å²) in [7, 11) is 0. The Labute approximate surface area is 204 Å². The van der Waals surface area contributed by atoms with Crippen molar-refractivity contribution in [3.8, 4) is 5.75 Å². The van der Waals surface area contributed by atoms with Crippen LogP contribution in [0.1, 0.15) is 16.7 Å². The molecular formula is C24H16Cl3NO3S. The number of imide groups is 1. The lowest BCUT2D eigenvalue weighted by molar-refractivity contribution is -0.123. The molecule has 1 aliphatic rings. The molecule has 2 amide bonds. The number of carbonyl (C=O) groups excluding carboxylic acids is 2. The van der Waals surface area contributed by atoms with E-state index < -0.39 is 0 Å². The zero-order valence-corrected chi connectivity index (χ0v) is 19.6. The molecule has 4 rings (SSSR count). The highest BCUT2D eigenvalue weighted by Crippen LogP contribution is 2.34. The highest BCUT2D eigenvalue weighted by atomic mass is 35.5. The molecular weight excluding hydrogens is 489 g/mol. The van der Waals surface area contributed by atoms with Crippen LogP contribution in [-0.4, -0.2) is 16.0 Å². The van der Waals surface area contributed by atoms with Gasteiger partial charge in [0, 0.05) is 20.6 Å². The average molecular weight is 505 g/mol. The second-order valence-electron chi connectivity index (χ2n) is 6.95. The number of carbonyl (C=O) groups is 2. The first kappa shape index (κ1) is 22.7. The van der Waals surface area contributed by atoms with Gasteiger partial charge in [-0.15, -0.1) is 0 Å². The van der Waals surface area contributed by atoms with Crippen molar-refractivity contribution in [3.63, 3.8) is 0 Å². The summed E-state index contributed by atoms with van der Waals surface area (Å²) in [6.45, 7) is 0.442. The molecule has 0 radical (unpaired) electrons. The Morgan fingerprint density at radius 2 is 1.62 bits per heavy atom. The fourth-order valence-corrected chi connectivity index (χ4v) is 4.54. The van der Waals surface area contributed by atoms with Crippen molar-refractivity contribution in [1.82, 2.24) is 4.90 Å². The van der Waals surface area contributed by atoms with E-state index in [4.69, 9.17) is 39.5 Å². The molecule has 4 nitrogen and oxygen atoms in total. The van der Waals surface area contributed by atoms with Crippen molar-refractivity contribution >= 4 is 63.8 Å². The first-order valence-electron chi connectivity index (χ1n) is 9.56. The smallest absolute Gasteiger partial charge is 0.293 e. The fourth-order valence-electron chi connectivity index (χ4n) is 3.04. The van der Waals surface area contributed by atoms with Crippen molar-refractivity contribution in [2.75, 3.05) is 0 Å². The van der Waals surface area contributed by atoms with E-state index in [1.54, 1.807) is 36.4 Å². The minimum atomic E-state index is -0.356. The molecule has 3 aromatic rings. The summed E-state index contributed by atoms with van der Waals surface area (Å²) in [5.41, 5.74) is 2.33. The van der Waals surface area contributed by atoms with E-state index >= 15 is 0 Å². The molecule has 3 aromatic carbocycles. The third kappa shape index (κ3) is 5.30. The third-order valence-corrected chi connectivity index (χ3v) is 6.61. The SMILES string of the molecule is O=C1S/C(=C/c2ccc(OCc3ccccc3Cl)cc2)C(=O)N1Cc1ccc(Cl)cc1Cl. The molecule has 1 heterocycles.